The molecule has 2 N–H and O–H groups in total. The molecule has 0 aliphatic carbocycles. The van der Waals surface area contributed by atoms with E-state index in [0.717, 1.165) is 21.2 Å². The Labute approximate surface area is 164 Å². The lowest BCUT2D eigenvalue weighted by atomic mass is 10.2. The van der Waals surface area contributed by atoms with Crippen molar-refractivity contribution in [1.82, 2.24) is 20.2 Å². The number of hydrazine groups is 1. The van der Waals surface area contributed by atoms with Gasteiger partial charge in [-0.1, -0.05) is 12.1 Å². The number of benzene rings is 1. The number of carbonyl (C=O) groups excluding carboxylic acids is 2. The topological polar surface area (TPSA) is 94.0 Å². The molecule has 144 valence electrons. The van der Waals surface area contributed by atoms with Crippen LogP contribution in [0.3, 0.4) is 0 Å². The molecule has 3 aromatic rings. The Morgan fingerprint density at radius 3 is 2.86 bits per heavy atom. The Morgan fingerprint density at radius 2 is 2.04 bits per heavy atom. The molecule has 0 saturated heterocycles. The quantitative estimate of drug-likeness (QED) is 0.520. The van der Waals surface area contributed by atoms with Crippen LogP contribution in [0.2, 0.25) is 0 Å². The van der Waals surface area contributed by atoms with Crippen molar-refractivity contribution in [2.24, 2.45) is 0 Å². The predicted octanol–water partition coefficient (Wildman–Crippen LogP) is 2.01. The molecule has 1 atom stereocenters. The highest BCUT2D eigenvalue weighted by Gasteiger charge is 2.27. The van der Waals surface area contributed by atoms with Crippen LogP contribution in [-0.4, -0.2) is 33.9 Å². The van der Waals surface area contributed by atoms with Crippen molar-refractivity contribution in [3.05, 3.63) is 52.8 Å². The summed E-state index contributed by atoms with van der Waals surface area (Å²) in [7, 11) is 0. The molecule has 1 unspecified atom stereocenters. The number of nitrogens with zero attached hydrogens (tertiary/aromatic N) is 2. The Balaban J connectivity index is 1.35. The highest BCUT2D eigenvalue weighted by Crippen LogP contribution is 2.30. The Hall–Kier alpha value is -3.33. The monoisotopic (exact) mass is 398 g/mol. The molecule has 0 fully saturated rings. The summed E-state index contributed by atoms with van der Waals surface area (Å²) in [6.45, 7) is 3.95. The summed E-state index contributed by atoms with van der Waals surface area (Å²) in [6, 6.07) is 7.10. The number of carbonyl (C=O) groups is 2. The summed E-state index contributed by atoms with van der Waals surface area (Å²) < 4.78 is 13.0. The first-order valence-corrected chi connectivity index (χ1v) is 9.44. The minimum atomic E-state index is -0.843. The highest BCUT2D eigenvalue weighted by atomic mass is 32.1. The minimum absolute atomic E-state index is 0.0685. The van der Waals surface area contributed by atoms with Gasteiger partial charge in [0.15, 0.2) is 16.5 Å². The van der Waals surface area contributed by atoms with Crippen LogP contribution in [-0.2, 0) is 9.59 Å². The molecular formula is C19H18N4O4S. The van der Waals surface area contributed by atoms with Crippen molar-refractivity contribution in [3.63, 3.8) is 0 Å². The van der Waals surface area contributed by atoms with E-state index in [1.165, 1.54) is 6.08 Å². The number of aryl methyl sites for hydroxylation is 2. The zero-order valence-electron chi connectivity index (χ0n) is 15.3. The summed E-state index contributed by atoms with van der Waals surface area (Å²) in [6.07, 6.45) is 4.14. The van der Waals surface area contributed by atoms with Crippen LogP contribution < -0.4 is 20.3 Å². The van der Waals surface area contributed by atoms with Gasteiger partial charge in [-0.05, 0) is 32.1 Å². The highest BCUT2D eigenvalue weighted by molar-refractivity contribution is 7.17. The fourth-order valence-corrected chi connectivity index (χ4v) is 3.71. The standard InChI is InChI=1S/C19H18N4O4S/c1-11-9-23-13(12(2)20-19(23)28-11)7-8-17(24)21-22-18(25)16-10-26-14-5-3-4-6-15(14)27-16/h3-9,16H,10H2,1-2H3,(H,21,24)(H,22,25)/b8-7+. The second-order valence-corrected chi connectivity index (χ2v) is 7.47. The lowest BCUT2D eigenvalue weighted by Gasteiger charge is -2.25. The number of fused-ring (bicyclic) bond motifs is 2. The third-order valence-corrected chi connectivity index (χ3v) is 5.06. The number of ether oxygens (including phenoxy) is 2. The first-order valence-electron chi connectivity index (χ1n) is 8.63. The lowest BCUT2D eigenvalue weighted by molar-refractivity contribution is -0.134. The predicted molar refractivity (Wildman–Crippen MR) is 104 cm³/mol. The van der Waals surface area contributed by atoms with Crippen LogP contribution in [0.5, 0.6) is 11.5 Å². The van der Waals surface area contributed by atoms with Crippen LogP contribution >= 0.6 is 11.3 Å². The largest absolute Gasteiger partial charge is 0.485 e. The average Bonchev–Trinajstić information content (AvgIpc) is 3.18. The second-order valence-electron chi connectivity index (χ2n) is 6.25. The Morgan fingerprint density at radius 1 is 1.25 bits per heavy atom. The van der Waals surface area contributed by atoms with E-state index in [4.69, 9.17) is 9.47 Å². The van der Waals surface area contributed by atoms with E-state index in [2.05, 4.69) is 15.8 Å². The number of hydrogen-bond donors (Lipinski definition) is 2. The number of amides is 2. The summed E-state index contributed by atoms with van der Waals surface area (Å²) in [5.41, 5.74) is 6.35. The summed E-state index contributed by atoms with van der Waals surface area (Å²) >= 11 is 1.58. The van der Waals surface area contributed by atoms with Crippen LogP contribution in [0.4, 0.5) is 0 Å². The average molecular weight is 398 g/mol. The van der Waals surface area contributed by atoms with Gasteiger partial charge >= 0.3 is 0 Å². The van der Waals surface area contributed by atoms with E-state index in [0.29, 0.717) is 11.5 Å². The molecule has 3 heterocycles. The molecule has 0 spiro atoms. The fraction of sp³-hybridized carbons (Fsp3) is 0.211. The molecule has 0 radical (unpaired) electrons. The number of thiazole rings is 1. The van der Waals surface area contributed by atoms with Crippen molar-refractivity contribution in [1.29, 1.82) is 0 Å². The van der Waals surface area contributed by atoms with Crippen LogP contribution in [0.25, 0.3) is 11.0 Å². The van der Waals surface area contributed by atoms with Gasteiger partial charge in [0.05, 0.1) is 11.4 Å². The number of aromatic nitrogens is 2. The van der Waals surface area contributed by atoms with E-state index in [-0.39, 0.29) is 6.61 Å². The van der Waals surface area contributed by atoms with Crippen molar-refractivity contribution >= 4 is 34.2 Å². The molecule has 0 bridgehead atoms. The molecule has 28 heavy (non-hydrogen) atoms. The van der Waals surface area contributed by atoms with E-state index in [9.17, 15) is 9.59 Å². The number of para-hydroxylation sites is 2. The van der Waals surface area contributed by atoms with Crippen LogP contribution in [0.15, 0.2) is 36.5 Å². The molecule has 8 nitrogen and oxygen atoms in total. The molecule has 9 heteroatoms. The normalized spacial score (nSPS) is 15.7. The van der Waals surface area contributed by atoms with Crippen molar-refractivity contribution in [2.75, 3.05) is 6.61 Å². The van der Waals surface area contributed by atoms with Gasteiger partial charge in [0.25, 0.3) is 11.8 Å². The van der Waals surface area contributed by atoms with Gasteiger partial charge in [-0.15, -0.1) is 11.3 Å². The summed E-state index contributed by atoms with van der Waals surface area (Å²) in [4.78, 5) is 30.7. The van der Waals surface area contributed by atoms with Crippen molar-refractivity contribution in [2.45, 2.75) is 20.0 Å². The van der Waals surface area contributed by atoms with Gasteiger partial charge in [0.2, 0.25) is 6.10 Å². The maximum Gasteiger partial charge on any atom is 0.283 e. The van der Waals surface area contributed by atoms with Crippen molar-refractivity contribution in [3.8, 4) is 11.5 Å². The smallest absolute Gasteiger partial charge is 0.283 e. The van der Waals surface area contributed by atoms with E-state index in [1.54, 1.807) is 35.6 Å². The number of nitrogens with one attached hydrogen (secondary N) is 2. The molecule has 1 aromatic carbocycles. The molecule has 1 aliphatic heterocycles. The molecule has 1 aliphatic rings. The molecule has 0 saturated carbocycles. The Bertz CT molecular complexity index is 1080. The third-order valence-electron chi connectivity index (χ3n) is 4.17. The van der Waals surface area contributed by atoms with E-state index < -0.39 is 17.9 Å². The number of hydrogen-bond acceptors (Lipinski definition) is 6. The maximum atomic E-state index is 12.2. The van der Waals surface area contributed by atoms with Crippen LogP contribution in [0.1, 0.15) is 16.3 Å². The SMILES string of the molecule is Cc1cn2c(/C=C/C(=O)NNC(=O)C3COc4ccccc4O3)c(C)nc2s1. The summed E-state index contributed by atoms with van der Waals surface area (Å²) in [5, 5.41) is 0. The minimum Gasteiger partial charge on any atom is -0.485 e. The maximum absolute atomic E-state index is 12.2. The van der Waals surface area contributed by atoms with E-state index in [1.807, 2.05) is 30.5 Å². The van der Waals surface area contributed by atoms with Crippen LogP contribution in [0, 0.1) is 13.8 Å². The fourth-order valence-electron chi connectivity index (χ4n) is 2.83. The lowest BCUT2D eigenvalue weighted by Crippen LogP contribution is -2.50. The first kappa shape index (κ1) is 18.1. The van der Waals surface area contributed by atoms with Crippen molar-refractivity contribution < 1.29 is 19.1 Å². The number of rotatable bonds is 3. The third kappa shape index (κ3) is 3.56. The second kappa shape index (κ2) is 7.35. The Kier molecular flexibility index (Phi) is 4.74. The van der Waals surface area contributed by atoms with E-state index >= 15 is 0 Å². The molecule has 4 rings (SSSR count). The molecule has 2 aromatic heterocycles. The zero-order valence-corrected chi connectivity index (χ0v) is 16.1. The first-order chi connectivity index (χ1) is 13.5. The van der Waals surface area contributed by atoms with Gasteiger partial charge < -0.3 is 9.47 Å². The summed E-state index contributed by atoms with van der Waals surface area (Å²) in [5.74, 6) is 0.121. The molecular weight excluding hydrogens is 380 g/mol. The van der Waals surface area contributed by atoms with Gasteiger partial charge in [-0.25, -0.2) is 4.98 Å². The molecule has 2 amide bonds. The van der Waals surface area contributed by atoms with Gasteiger partial charge in [-0.3, -0.25) is 24.8 Å². The van der Waals surface area contributed by atoms with Gasteiger partial charge in [0, 0.05) is 17.2 Å². The zero-order chi connectivity index (χ0) is 19.7. The van der Waals surface area contributed by atoms with Gasteiger partial charge in [0.1, 0.15) is 6.61 Å². The van der Waals surface area contributed by atoms with Gasteiger partial charge in [-0.2, -0.15) is 0 Å². The number of imidazole rings is 1.